The smallest absolute Gasteiger partial charge is 0.241 e. The average Bonchev–Trinajstić information content (AvgIpc) is 2.89. The zero-order valence-corrected chi connectivity index (χ0v) is 16.3. The van der Waals surface area contributed by atoms with Crippen molar-refractivity contribution >= 4 is 21.6 Å². The molecular formula is C20H24N2O3S. The molecule has 1 N–H and O–H groups in total. The van der Waals surface area contributed by atoms with E-state index in [4.69, 9.17) is 0 Å². The lowest BCUT2D eigenvalue weighted by Gasteiger charge is -2.21. The highest BCUT2D eigenvalue weighted by atomic mass is 32.2. The molecule has 1 aliphatic rings. The highest BCUT2D eigenvalue weighted by molar-refractivity contribution is 7.89. The van der Waals surface area contributed by atoms with Gasteiger partial charge in [-0.2, -0.15) is 0 Å². The standard InChI is InChI=1S/C20H24N2O3S/c1-13-7-5-6-8-19(13)15(3)21-26(24,25)18-9-10-20-17(12-18)11-14(2)22(20)16(4)23/h5-10,12,14-15,21H,11H2,1-4H3. The molecule has 3 rings (SSSR count). The molecule has 0 radical (unpaired) electrons. The van der Waals surface area contributed by atoms with E-state index in [1.807, 2.05) is 45.0 Å². The summed E-state index contributed by atoms with van der Waals surface area (Å²) in [7, 11) is -3.65. The van der Waals surface area contributed by atoms with Gasteiger partial charge in [-0.15, -0.1) is 0 Å². The number of rotatable bonds is 4. The number of nitrogens with one attached hydrogen (secondary N) is 1. The van der Waals surface area contributed by atoms with Crippen LogP contribution in [0.5, 0.6) is 0 Å². The van der Waals surface area contributed by atoms with E-state index in [1.165, 1.54) is 6.92 Å². The summed E-state index contributed by atoms with van der Waals surface area (Å²) in [6, 6.07) is 12.4. The predicted octanol–water partition coefficient (Wildman–Crippen LogP) is 3.33. The Kier molecular flexibility index (Phi) is 4.90. The first-order chi connectivity index (χ1) is 12.2. The Balaban J connectivity index is 1.89. The van der Waals surface area contributed by atoms with E-state index in [2.05, 4.69) is 4.72 Å². The summed E-state index contributed by atoms with van der Waals surface area (Å²) in [6.45, 7) is 7.30. The van der Waals surface area contributed by atoms with Gasteiger partial charge >= 0.3 is 0 Å². The van der Waals surface area contributed by atoms with Gasteiger partial charge in [-0.25, -0.2) is 13.1 Å². The van der Waals surface area contributed by atoms with Gasteiger partial charge in [-0.05, 0) is 62.1 Å². The molecule has 0 saturated heterocycles. The monoisotopic (exact) mass is 372 g/mol. The highest BCUT2D eigenvalue weighted by Crippen LogP contribution is 2.34. The molecule has 5 nitrogen and oxygen atoms in total. The maximum Gasteiger partial charge on any atom is 0.241 e. The lowest BCUT2D eigenvalue weighted by molar-refractivity contribution is -0.116. The molecule has 2 unspecified atom stereocenters. The van der Waals surface area contributed by atoms with Crippen LogP contribution in [-0.2, 0) is 21.2 Å². The van der Waals surface area contributed by atoms with Crippen molar-refractivity contribution < 1.29 is 13.2 Å². The highest BCUT2D eigenvalue weighted by Gasteiger charge is 2.30. The minimum Gasteiger partial charge on any atom is -0.309 e. The molecule has 2 aromatic carbocycles. The summed E-state index contributed by atoms with van der Waals surface area (Å²) in [4.78, 5) is 13.8. The molecule has 1 heterocycles. The van der Waals surface area contributed by atoms with E-state index in [-0.39, 0.29) is 22.9 Å². The Hall–Kier alpha value is -2.18. The summed E-state index contributed by atoms with van der Waals surface area (Å²) in [6.07, 6.45) is 0.658. The molecule has 0 spiro atoms. The number of benzene rings is 2. The maximum absolute atomic E-state index is 12.8. The number of sulfonamides is 1. The fourth-order valence-corrected chi connectivity index (χ4v) is 4.96. The van der Waals surface area contributed by atoms with E-state index in [0.29, 0.717) is 6.42 Å². The summed E-state index contributed by atoms with van der Waals surface area (Å²) in [5.41, 5.74) is 3.69. The first-order valence-corrected chi connectivity index (χ1v) is 10.2. The third kappa shape index (κ3) is 3.39. The lowest BCUT2D eigenvalue weighted by Crippen LogP contribution is -2.33. The van der Waals surface area contributed by atoms with Gasteiger partial charge in [0.25, 0.3) is 0 Å². The number of anilines is 1. The average molecular weight is 372 g/mol. The number of nitrogens with zero attached hydrogens (tertiary/aromatic N) is 1. The van der Waals surface area contributed by atoms with Gasteiger partial charge in [-0.3, -0.25) is 4.79 Å². The second kappa shape index (κ2) is 6.85. The van der Waals surface area contributed by atoms with Gasteiger partial charge in [0.15, 0.2) is 0 Å². The van der Waals surface area contributed by atoms with E-state index < -0.39 is 10.0 Å². The summed E-state index contributed by atoms with van der Waals surface area (Å²) < 4.78 is 28.4. The second-order valence-corrected chi connectivity index (χ2v) is 8.65. The van der Waals surface area contributed by atoms with Crippen molar-refractivity contribution in [3.05, 3.63) is 59.2 Å². The summed E-state index contributed by atoms with van der Waals surface area (Å²) >= 11 is 0. The molecule has 2 aromatic rings. The van der Waals surface area contributed by atoms with Crippen molar-refractivity contribution in [1.82, 2.24) is 4.72 Å². The van der Waals surface area contributed by atoms with Gasteiger partial charge in [0.1, 0.15) is 0 Å². The SMILES string of the molecule is CC(=O)N1c2ccc(S(=O)(=O)NC(C)c3ccccc3C)cc2CC1C. The Morgan fingerprint density at radius 1 is 1.23 bits per heavy atom. The van der Waals surface area contributed by atoms with Crippen LogP contribution in [0.2, 0.25) is 0 Å². The normalized spacial score (nSPS) is 17.8. The fourth-order valence-electron chi connectivity index (χ4n) is 3.69. The molecule has 6 heteroatoms. The first kappa shape index (κ1) is 18.6. The molecule has 1 aliphatic heterocycles. The van der Waals surface area contributed by atoms with E-state index in [0.717, 1.165) is 22.4 Å². The molecule has 0 aromatic heterocycles. The van der Waals surface area contributed by atoms with Crippen molar-refractivity contribution in [3.8, 4) is 0 Å². The number of carbonyl (C=O) groups is 1. The van der Waals surface area contributed by atoms with E-state index in [1.54, 1.807) is 23.1 Å². The number of hydrogen-bond donors (Lipinski definition) is 1. The maximum atomic E-state index is 12.8. The third-order valence-corrected chi connectivity index (χ3v) is 6.44. The minimum atomic E-state index is -3.65. The Bertz CT molecular complexity index is 953. The molecule has 0 fully saturated rings. The third-order valence-electron chi connectivity index (χ3n) is 4.90. The van der Waals surface area contributed by atoms with Crippen LogP contribution in [0.1, 0.15) is 43.5 Å². The topological polar surface area (TPSA) is 66.5 Å². The number of hydrogen-bond acceptors (Lipinski definition) is 3. The minimum absolute atomic E-state index is 0.0295. The number of fused-ring (bicyclic) bond motifs is 1. The molecule has 2 atom stereocenters. The Morgan fingerprint density at radius 2 is 1.92 bits per heavy atom. The molecule has 0 aliphatic carbocycles. The number of amides is 1. The zero-order chi connectivity index (χ0) is 19.1. The van der Waals surface area contributed by atoms with Gasteiger partial charge in [0.05, 0.1) is 4.90 Å². The van der Waals surface area contributed by atoms with Crippen LogP contribution in [0, 0.1) is 6.92 Å². The van der Waals surface area contributed by atoms with E-state index in [9.17, 15) is 13.2 Å². The Morgan fingerprint density at radius 3 is 2.58 bits per heavy atom. The largest absolute Gasteiger partial charge is 0.309 e. The number of carbonyl (C=O) groups excluding carboxylic acids is 1. The predicted molar refractivity (Wildman–Crippen MR) is 103 cm³/mol. The van der Waals surface area contributed by atoms with Crippen molar-refractivity contribution in [2.75, 3.05) is 4.90 Å². The molecule has 1 amide bonds. The van der Waals surface area contributed by atoms with Crippen LogP contribution in [0.3, 0.4) is 0 Å². The van der Waals surface area contributed by atoms with Crippen LogP contribution >= 0.6 is 0 Å². The van der Waals surface area contributed by atoms with Gasteiger partial charge in [0, 0.05) is 24.7 Å². The Labute approximate surface area is 155 Å². The summed E-state index contributed by atoms with van der Waals surface area (Å²) in [5, 5.41) is 0. The first-order valence-electron chi connectivity index (χ1n) is 8.71. The second-order valence-electron chi connectivity index (χ2n) is 6.93. The molecule has 138 valence electrons. The molecule has 26 heavy (non-hydrogen) atoms. The zero-order valence-electron chi connectivity index (χ0n) is 15.5. The van der Waals surface area contributed by atoms with Crippen LogP contribution < -0.4 is 9.62 Å². The van der Waals surface area contributed by atoms with Crippen molar-refractivity contribution in [2.45, 2.75) is 51.1 Å². The quantitative estimate of drug-likeness (QED) is 0.895. The summed E-state index contributed by atoms with van der Waals surface area (Å²) in [5.74, 6) is -0.0295. The van der Waals surface area contributed by atoms with Crippen molar-refractivity contribution in [3.63, 3.8) is 0 Å². The molecule has 0 saturated carbocycles. The molecule has 0 bridgehead atoms. The van der Waals surface area contributed by atoms with Crippen LogP contribution in [0.25, 0.3) is 0 Å². The van der Waals surface area contributed by atoms with Crippen LogP contribution in [0.4, 0.5) is 5.69 Å². The van der Waals surface area contributed by atoms with Crippen LogP contribution in [0.15, 0.2) is 47.4 Å². The van der Waals surface area contributed by atoms with Gasteiger partial charge in [-0.1, -0.05) is 24.3 Å². The molecular weight excluding hydrogens is 348 g/mol. The van der Waals surface area contributed by atoms with Crippen molar-refractivity contribution in [2.24, 2.45) is 0 Å². The van der Waals surface area contributed by atoms with Gasteiger partial charge < -0.3 is 4.90 Å². The lowest BCUT2D eigenvalue weighted by atomic mass is 10.0. The van der Waals surface area contributed by atoms with Gasteiger partial charge in [0.2, 0.25) is 15.9 Å². The van der Waals surface area contributed by atoms with Crippen LogP contribution in [-0.4, -0.2) is 20.4 Å². The van der Waals surface area contributed by atoms with Crippen molar-refractivity contribution in [1.29, 1.82) is 0 Å². The fraction of sp³-hybridized carbons (Fsp3) is 0.350. The number of aryl methyl sites for hydroxylation is 1. The van der Waals surface area contributed by atoms with E-state index >= 15 is 0 Å².